The number of carbonyl (C=O) groups excluding carboxylic acids is 2. The third kappa shape index (κ3) is 3.52. The number of hydrogen-bond acceptors (Lipinski definition) is 8. The summed E-state index contributed by atoms with van der Waals surface area (Å²) in [5.41, 5.74) is 0.570. The summed E-state index contributed by atoms with van der Waals surface area (Å²) in [5, 5.41) is 14.6. The molecular formula is C13H7ClN4O4S. The van der Waals surface area contributed by atoms with Gasteiger partial charge in [0.2, 0.25) is 5.13 Å². The smallest absolute Gasteiger partial charge is 0.371 e. The van der Waals surface area contributed by atoms with Crippen molar-refractivity contribution >= 4 is 40.1 Å². The van der Waals surface area contributed by atoms with E-state index >= 15 is 0 Å². The highest BCUT2D eigenvalue weighted by Crippen LogP contribution is 2.31. The fourth-order valence-corrected chi connectivity index (χ4v) is 2.63. The topological polar surface area (TPSA) is 107 Å². The molecule has 1 aromatic carbocycles. The summed E-state index contributed by atoms with van der Waals surface area (Å²) in [4.78, 5) is 23.2. The van der Waals surface area contributed by atoms with Gasteiger partial charge in [-0.3, -0.25) is 5.32 Å². The second-order valence-electron chi connectivity index (χ2n) is 4.08. The van der Waals surface area contributed by atoms with Crippen molar-refractivity contribution in [3.63, 3.8) is 0 Å². The minimum Gasteiger partial charge on any atom is -0.371 e. The van der Waals surface area contributed by atoms with Gasteiger partial charge in [-0.25, -0.2) is 9.59 Å². The second-order valence-corrected chi connectivity index (χ2v) is 5.46. The maximum Gasteiger partial charge on any atom is 0.421 e. The Hall–Kier alpha value is -2.78. The van der Waals surface area contributed by atoms with Crippen molar-refractivity contribution in [2.24, 2.45) is 0 Å². The van der Waals surface area contributed by atoms with E-state index < -0.39 is 12.1 Å². The van der Waals surface area contributed by atoms with Crippen molar-refractivity contribution in [2.45, 2.75) is 0 Å². The number of ether oxygens (including phenoxy) is 1. The van der Waals surface area contributed by atoms with Gasteiger partial charge in [0.15, 0.2) is 10.7 Å². The number of nitrogens with one attached hydrogen (secondary N) is 1. The molecule has 3 rings (SSSR count). The number of aromatic nitrogens is 3. The summed E-state index contributed by atoms with van der Waals surface area (Å²) < 4.78 is 9.02. The molecule has 0 atom stereocenters. The first-order chi connectivity index (χ1) is 11.1. The van der Waals surface area contributed by atoms with E-state index in [0.717, 1.165) is 11.3 Å². The molecule has 0 unspecified atom stereocenters. The number of anilines is 1. The van der Waals surface area contributed by atoms with Crippen LogP contribution in [0.15, 0.2) is 41.1 Å². The van der Waals surface area contributed by atoms with Gasteiger partial charge in [-0.05, 0) is 6.07 Å². The lowest BCUT2D eigenvalue weighted by atomic mass is 10.2. The molecule has 0 spiro atoms. The van der Waals surface area contributed by atoms with Crippen molar-refractivity contribution in [1.82, 2.24) is 15.4 Å². The molecule has 116 valence electrons. The third-order valence-electron chi connectivity index (χ3n) is 2.57. The molecule has 0 radical (unpaired) electrons. The number of nitrogens with zero attached hydrogens (tertiary/aromatic N) is 3. The predicted octanol–water partition coefficient (Wildman–Crippen LogP) is 3.24. The lowest BCUT2D eigenvalue weighted by molar-refractivity contribution is 0.0634. The summed E-state index contributed by atoms with van der Waals surface area (Å²) in [7, 11) is 0. The monoisotopic (exact) mass is 350 g/mol. The molecule has 0 aliphatic carbocycles. The van der Waals surface area contributed by atoms with E-state index in [9.17, 15) is 9.59 Å². The number of rotatable bonds is 3. The highest BCUT2D eigenvalue weighted by molar-refractivity contribution is 7.18. The molecule has 0 bridgehead atoms. The van der Waals surface area contributed by atoms with Gasteiger partial charge in [-0.1, -0.05) is 46.3 Å². The van der Waals surface area contributed by atoms with E-state index in [1.165, 1.54) is 12.3 Å². The summed E-state index contributed by atoms with van der Waals surface area (Å²) in [6, 6.07) is 8.37. The molecular weight excluding hydrogens is 344 g/mol. The third-order valence-corrected chi connectivity index (χ3v) is 3.77. The summed E-state index contributed by atoms with van der Waals surface area (Å²) >= 11 is 7.16. The molecule has 3 aromatic rings. The molecule has 2 heterocycles. The van der Waals surface area contributed by atoms with E-state index in [2.05, 4.69) is 29.9 Å². The van der Waals surface area contributed by atoms with Crippen LogP contribution in [0.5, 0.6) is 0 Å². The minimum atomic E-state index is -1.00. The van der Waals surface area contributed by atoms with Gasteiger partial charge >= 0.3 is 12.1 Å². The number of carbonyl (C=O) groups is 2. The number of esters is 1. The van der Waals surface area contributed by atoms with Crippen LogP contribution in [0.1, 0.15) is 10.5 Å². The average Bonchev–Trinajstić information content (AvgIpc) is 3.19. The Bertz CT molecular complexity index is 849. The van der Waals surface area contributed by atoms with Gasteiger partial charge in [0, 0.05) is 11.6 Å². The van der Waals surface area contributed by atoms with E-state index in [4.69, 9.17) is 11.6 Å². The first kappa shape index (κ1) is 15.1. The van der Waals surface area contributed by atoms with Gasteiger partial charge in [-0.15, -0.1) is 10.2 Å². The predicted molar refractivity (Wildman–Crippen MR) is 81.3 cm³/mol. The van der Waals surface area contributed by atoms with Crippen molar-refractivity contribution in [3.05, 3.63) is 47.3 Å². The van der Waals surface area contributed by atoms with Gasteiger partial charge < -0.3 is 9.26 Å². The molecule has 1 N–H and O–H groups in total. The van der Waals surface area contributed by atoms with Gasteiger partial charge in [0.25, 0.3) is 0 Å². The Morgan fingerprint density at radius 2 is 2.04 bits per heavy atom. The molecule has 0 aliphatic heterocycles. The van der Waals surface area contributed by atoms with E-state index in [0.29, 0.717) is 15.6 Å². The fraction of sp³-hybridized carbons (Fsp3) is 0. The van der Waals surface area contributed by atoms with Crippen LogP contribution in [0, 0.1) is 0 Å². The molecule has 0 saturated carbocycles. The molecule has 2 aromatic heterocycles. The number of amides is 1. The highest BCUT2D eigenvalue weighted by atomic mass is 35.5. The zero-order valence-corrected chi connectivity index (χ0v) is 12.8. The Labute approximate surface area is 138 Å². The molecule has 0 saturated heterocycles. The first-order valence-corrected chi connectivity index (χ1v) is 7.35. The van der Waals surface area contributed by atoms with Crippen LogP contribution < -0.4 is 5.32 Å². The summed E-state index contributed by atoms with van der Waals surface area (Å²) in [6.45, 7) is 0. The zero-order valence-electron chi connectivity index (χ0n) is 11.2. The lowest BCUT2D eigenvalue weighted by Crippen LogP contribution is -2.18. The van der Waals surface area contributed by atoms with E-state index in [-0.39, 0.29) is 10.8 Å². The largest absolute Gasteiger partial charge is 0.421 e. The molecule has 10 heteroatoms. The van der Waals surface area contributed by atoms with Crippen LogP contribution >= 0.6 is 22.9 Å². The van der Waals surface area contributed by atoms with Crippen molar-refractivity contribution in [2.75, 3.05) is 5.32 Å². The molecule has 0 fully saturated rings. The van der Waals surface area contributed by atoms with Gasteiger partial charge in [-0.2, -0.15) is 0 Å². The number of hydrogen-bond donors (Lipinski definition) is 1. The molecule has 8 nitrogen and oxygen atoms in total. The number of halogens is 1. The Morgan fingerprint density at radius 1 is 1.22 bits per heavy atom. The van der Waals surface area contributed by atoms with E-state index in [1.807, 2.05) is 0 Å². The fourth-order valence-electron chi connectivity index (χ4n) is 1.58. The van der Waals surface area contributed by atoms with Crippen LogP contribution in [0.4, 0.5) is 9.93 Å². The van der Waals surface area contributed by atoms with Crippen LogP contribution in [0.25, 0.3) is 10.6 Å². The van der Waals surface area contributed by atoms with Crippen molar-refractivity contribution < 1.29 is 18.8 Å². The van der Waals surface area contributed by atoms with Crippen LogP contribution in [0.3, 0.4) is 0 Å². The SMILES string of the molecule is O=C(Nc1nnc(-c2ccccc2Cl)s1)OC(=O)c1ccon1. The van der Waals surface area contributed by atoms with E-state index in [1.54, 1.807) is 24.3 Å². The normalized spacial score (nSPS) is 10.3. The lowest BCUT2D eigenvalue weighted by Gasteiger charge is -2.00. The number of benzene rings is 1. The Kier molecular flexibility index (Phi) is 4.31. The minimum absolute atomic E-state index is 0.117. The summed E-state index contributed by atoms with van der Waals surface area (Å²) in [5.74, 6) is -0.938. The van der Waals surface area contributed by atoms with Gasteiger partial charge in [0.1, 0.15) is 6.26 Å². The first-order valence-electron chi connectivity index (χ1n) is 6.15. The van der Waals surface area contributed by atoms with Crippen LogP contribution in [-0.2, 0) is 4.74 Å². The van der Waals surface area contributed by atoms with Crippen LogP contribution in [-0.4, -0.2) is 27.4 Å². The van der Waals surface area contributed by atoms with Gasteiger partial charge in [0.05, 0.1) is 5.02 Å². The quantitative estimate of drug-likeness (QED) is 0.570. The molecule has 23 heavy (non-hydrogen) atoms. The zero-order chi connectivity index (χ0) is 16.2. The van der Waals surface area contributed by atoms with Crippen molar-refractivity contribution in [1.29, 1.82) is 0 Å². The maximum atomic E-state index is 11.6. The molecule has 0 aliphatic rings. The second kappa shape index (κ2) is 6.55. The van der Waals surface area contributed by atoms with Crippen molar-refractivity contribution in [3.8, 4) is 10.6 Å². The average molecular weight is 351 g/mol. The summed E-state index contributed by atoms with van der Waals surface area (Å²) in [6.07, 6.45) is 0.189. The standard InChI is InChI=1S/C13H7ClN4O4S/c14-8-4-2-1-3-7(8)10-16-17-12(23-10)15-13(20)22-11(19)9-5-6-21-18-9/h1-6H,(H,15,17,20). The Balaban J connectivity index is 1.66. The highest BCUT2D eigenvalue weighted by Gasteiger charge is 2.17. The maximum absolute atomic E-state index is 11.6. The molecule has 1 amide bonds. The van der Waals surface area contributed by atoms with Crippen LogP contribution in [0.2, 0.25) is 5.02 Å². The Morgan fingerprint density at radius 3 is 2.78 bits per heavy atom.